The quantitative estimate of drug-likeness (QED) is 0.914. The molecule has 1 unspecified atom stereocenters. The molecule has 2 nitrogen and oxygen atoms in total. The highest BCUT2D eigenvalue weighted by Gasteiger charge is 2.25. The monoisotopic (exact) mass is 292 g/mol. The summed E-state index contributed by atoms with van der Waals surface area (Å²) in [5.74, 6) is 0.655. The number of hydrogen-bond acceptors (Lipinski definition) is 2. The molecule has 5 heteroatoms. The number of anilines is 1. The summed E-state index contributed by atoms with van der Waals surface area (Å²) < 4.78 is 0. The van der Waals surface area contributed by atoms with Crippen LogP contribution in [-0.4, -0.2) is 26.7 Å². The normalized spacial score (nSPS) is 20.0. The van der Waals surface area contributed by atoms with E-state index < -0.39 is 0 Å². The zero-order valence-corrected chi connectivity index (χ0v) is 11.9. The minimum Gasteiger partial charge on any atom is -0.369 e. The van der Waals surface area contributed by atoms with E-state index in [1.54, 1.807) is 12.1 Å². The molecule has 0 spiro atoms. The van der Waals surface area contributed by atoms with Gasteiger partial charge >= 0.3 is 0 Å². The van der Waals surface area contributed by atoms with Gasteiger partial charge in [-0.25, -0.2) is 0 Å². The largest absolute Gasteiger partial charge is 0.369 e. The molecule has 1 aromatic carbocycles. The third kappa shape index (κ3) is 3.00. The number of rotatable bonds is 3. The highest BCUT2D eigenvalue weighted by Crippen LogP contribution is 2.38. The van der Waals surface area contributed by atoms with E-state index in [-0.39, 0.29) is 0 Å². The van der Waals surface area contributed by atoms with Crippen LogP contribution >= 0.6 is 34.8 Å². The molecule has 0 amide bonds. The predicted octanol–water partition coefficient (Wildman–Crippen LogP) is 3.69. The topological polar surface area (TPSA) is 15.3 Å². The van der Waals surface area contributed by atoms with Crippen molar-refractivity contribution in [3.63, 3.8) is 0 Å². The lowest BCUT2D eigenvalue weighted by Gasteiger charge is -2.21. The van der Waals surface area contributed by atoms with Crippen LogP contribution < -0.4 is 10.2 Å². The molecule has 0 saturated carbocycles. The molecule has 1 heterocycles. The summed E-state index contributed by atoms with van der Waals surface area (Å²) in [6.45, 7) is 3.01. The molecule has 2 rings (SSSR count). The van der Waals surface area contributed by atoms with Crippen molar-refractivity contribution in [2.45, 2.75) is 6.42 Å². The maximum absolute atomic E-state index is 6.21. The summed E-state index contributed by atoms with van der Waals surface area (Å²) >= 11 is 18.3. The van der Waals surface area contributed by atoms with Gasteiger partial charge in [0.1, 0.15) is 0 Å². The Morgan fingerprint density at radius 2 is 1.94 bits per heavy atom. The number of halogens is 3. The van der Waals surface area contributed by atoms with Crippen molar-refractivity contribution in [2.75, 3.05) is 31.6 Å². The zero-order valence-electron chi connectivity index (χ0n) is 9.64. The first-order valence-corrected chi connectivity index (χ1v) is 6.79. The van der Waals surface area contributed by atoms with Crippen LogP contribution in [0, 0.1) is 5.92 Å². The highest BCUT2D eigenvalue weighted by atomic mass is 35.5. The molecular formula is C12H15Cl3N2. The van der Waals surface area contributed by atoms with Crippen molar-refractivity contribution < 1.29 is 0 Å². The van der Waals surface area contributed by atoms with E-state index in [9.17, 15) is 0 Å². The Kier molecular flexibility index (Phi) is 4.42. The van der Waals surface area contributed by atoms with Crippen LogP contribution in [0.2, 0.25) is 15.1 Å². The Morgan fingerprint density at radius 1 is 1.29 bits per heavy atom. The Morgan fingerprint density at radius 3 is 2.53 bits per heavy atom. The number of nitrogens with one attached hydrogen (secondary N) is 1. The summed E-state index contributed by atoms with van der Waals surface area (Å²) in [4.78, 5) is 2.24. The van der Waals surface area contributed by atoms with Crippen molar-refractivity contribution in [3.8, 4) is 0 Å². The fraction of sp³-hybridized carbons (Fsp3) is 0.500. The molecule has 0 bridgehead atoms. The number of hydrogen-bond donors (Lipinski definition) is 1. The molecule has 17 heavy (non-hydrogen) atoms. The maximum Gasteiger partial charge on any atom is 0.0746 e. The van der Waals surface area contributed by atoms with Gasteiger partial charge < -0.3 is 10.2 Å². The Bertz CT molecular complexity index is 386. The van der Waals surface area contributed by atoms with E-state index in [2.05, 4.69) is 10.2 Å². The molecule has 1 aromatic rings. The van der Waals surface area contributed by atoms with Gasteiger partial charge in [0.2, 0.25) is 0 Å². The number of benzene rings is 1. The van der Waals surface area contributed by atoms with Crippen molar-refractivity contribution in [3.05, 3.63) is 27.2 Å². The van der Waals surface area contributed by atoms with Crippen molar-refractivity contribution >= 4 is 40.5 Å². The van der Waals surface area contributed by atoms with Gasteiger partial charge in [-0.05, 0) is 38.1 Å². The molecule has 1 fully saturated rings. The fourth-order valence-corrected chi connectivity index (χ4v) is 3.38. The summed E-state index contributed by atoms with van der Waals surface area (Å²) in [5.41, 5.74) is 0.913. The van der Waals surface area contributed by atoms with Crippen LogP contribution in [0.1, 0.15) is 6.42 Å². The molecule has 1 N–H and O–H groups in total. The van der Waals surface area contributed by atoms with Crippen LogP contribution in [0.15, 0.2) is 12.1 Å². The molecule has 0 aromatic heterocycles. The molecule has 94 valence electrons. The summed E-state index contributed by atoms with van der Waals surface area (Å²) in [5, 5.41) is 5.05. The zero-order chi connectivity index (χ0) is 12.4. The first-order valence-electron chi connectivity index (χ1n) is 5.66. The van der Waals surface area contributed by atoms with Crippen molar-refractivity contribution in [1.29, 1.82) is 0 Å². The predicted molar refractivity (Wildman–Crippen MR) is 75.7 cm³/mol. The van der Waals surface area contributed by atoms with E-state index in [0.717, 1.165) is 31.7 Å². The van der Waals surface area contributed by atoms with Crippen molar-refractivity contribution in [1.82, 2.24) is 5.32 Å². The first-order chi connectivity index (χ1) is 8.11. The second-order valence-electron chi connectivity index (χ2n) is 4.38. The minimum absolute atomic E-state index is 0.578. The van der Waals surface area contributed by atoms with Crippen LogP contribution in [0.4, 0.5) is 5.69 Å². The van der Waals surface area contributed by atoms with E-state index in [1.165, 1.54) is 0 Å². The van der Waals surface area contributed by atoms with E-state index in [1.807, 2.05) is 7.05 Å². The fourth-order valence-electron chi connectivity index (χ4n) is 2.33. The van der Waals surface area contributed by atoms with Gasteiger partial charge in [0.05, 0.1) is 15.7 Å². The van der Waals surface area contributed by atoms with E-state index >= 15 is 0 Å². The lowest BCUT2D eigenvalue weighted by atomic mass is 10.1. The molecule has 1 saturated heterocycles. The Balaban J connectivity index is 2.19. The third-order valence-electron chi connectivity index (χ3n) is 3.08. The molecule has 1 aliphatic heterocycles. The maximum atomic E-state index is 6.21. The summed E-state index contributed by atoms with van der Waals surface area (Å²) in [6, 6.07) is 3.49. The van der Waals surface area contributed by atoms with Gasteiger partial charge in [-0.15, -0.1) is 0 Å². The SMILES string of the molecule is CNCC1CCN(c2c(Cl)cc(Cl)cc2Cl)C1. The van der Waals surface area contributed by atoms with Gasteiger partial charge in [-0.3, -0.25) is 0 Å². The van der Waals surface area contributed by atoms with Crippen LogP contribution in [0.25, 0.3) is 0 Å². The Hall–Kier alpha value is -0.150. The summed E-state index contributed by atoms with van der Waals surface area (Å²) in [7, 11) is 1.98. The molecule has 1 atom stereocenters. The summed E-state index contributed by atoms with van der Waals surface area (Å²) in [6.07, 6.45) is 1.16. The van der Waals surface area contributed by atoms with Crippen molar-refractivity contribution in [2.24, 2.45) is 5.92 Å². The molecular weight excluding hydrogens is 279 g/mol. The molecule has 1 aliphatic rings. The van der Waals surface area contributed by atoms with Crippen LogP contribution in [-0.2, 0) is 0 Å². The van der Waals surface area contributed by atoms with Gasteiger partial charge in [0.15, 0.2) is 0 Å². The lowest BCUT2D eigenvalue weighted by Crippen LogP contribution is -2.24. The third-order valence-corrected chi connectivity index (χ3v) is 3.87. The second-order valence-corrected chi connectivity index (χ2v) is 5.63. The van der Waals surface area contributed by atoms with Gasteiger partial charge in [-0.2, -0.15) is 0 Å². The lowest BCUT2D eigenvalue weighted by molar-refractivity contribution is 0.549. The average Bonchev–Trinajstić information content (AvgIpc) is 2.65. The van der Waals surface area contributed by atoms with Gasteiger partial charge in [0, 0.05) is 18.1 Å². The molecule has 0 aliphatic carbocycles. The number of nitrogens with zero attached hydrogens (tertiary/aromatic N) is 1. The smallest absolute Gasteiger partial charge is 0.0746 e. The van der Waals surface area contributed by atoms with E-state index in [0.29, 0.717) is 21.0 Å². The van der Waals surface area contributed by atoms with Crippen LogP contribution in [0.3, 0.4) is 0 Å². The highest BCUT2D eigenvalue weighted by molar-refractivity contribution is 6.41. The first kappa shape index (κ1) is 13.3. The van der Waals surface area contributed by atoms with Crippen LogP contribution in [0.5, 0.6) is 0 Å². The standard InChI is InChI=1S/C12H15Cl3N2/c1-16-6-8-2-3-17(7-8)12-10(14)4-9(13)5-11(12)15/h4-5,8,16H,2-3,6-7H2,1H3. The average molecular weight is 294 g/mol. The van der Waals surface area contributed by atoms with E-state index in [4.69, 9.17) is 34.8 Å². The Labute approximate surface area is 117 Å². The minimum atomic E-state index is 0.578. The van der Waals surface area contributed by atoms with Gasteiger partial charge in [-0.1, -0.05) is 34.8 Å². The molecule has 0 radical (unpaired) electrons. The van der Waals surface area contributed by atoms with Gasteiger partial charge in [0.25, 0.3) is 0 Å². The second kappa shape index (κ2) is 5.66.